The van der Waals surface area contributed by atoms with Crippen molar-refractivity contribution in [2.45, 2.75) is 44.1 Å². The van der Waals surface area contributed by atoms with Crippen molar-refractivity contribution < 1.29 is 14.7 Å². The smallest absolute Gasteiger partial charge is 0.329 e. The molecule has 1 fully saturated rings. The topological polar surface area (TPSA) is 79.3 Å². The third kappa shape index (κ3) is 3.66. The van der Waals surface area contributed by atoms with Crippen molar-refractivity contribution in [3.8, 4) is 0 Å². The van der Waals surface area contributed by atoms with Crippen LogP contribution in [0.5, 0.6) is 0 Å². The first-order chi connectivity index (χ1) is 9.94. The number of aromatic nitrogens is 1. The molecule has 0 atom stereocenters. The molecule has 1 aliphatic rings. The molecule has 0 saturated heterocycles. The Hall–Kier alpha value is -1.33. The Morgan fingerprint density at radius 1 is 1.19 bits per heavy atom. The van der Waals surface area contributed by atoms with Crippen molar-refractivity contribution in [1.29, 1.82) is 0 Å². The zero-order valence-corrected chi connectivity index (χ0v) is 12.9. The van der Waals surface area contributed by atoms with Crippen molar-refractivity contribution in [3.05, 3.63) is 28.0 Å². The molecule has 0 spiro atoms. The van der Waals surface area contributed by atoms with Crippen LogP contribution in [0.15, 0.2) is 12.3 Å². The van der Waals surface area contributed by atoms with E-state index in [1.807, 2.05) is 0 Å². The summed E-state index contributed by atoms with van der Waals surface area (Å²) in [7, 11) is 0. The van der Waals surface area contributed by atoms with Crippen LogP contribution in [0.1, 0.15) is 48.9 Å². The van der Waals surface area contributed by atoms with E-state index in [-0.39, 0.29) is 15.7 Å². The van der Waals surface area contributed by atoms with Crippen LogP contribution >= 0.6 is 23.2 Å². The Kier molecular flexibility index (Phi) is 5.06. The number of carbonyl (C=O) groups excluding carboxylic acids is 1. The number of nitrogens with one attached hydrogen (secondary N) is 1. The summed E-state index contributed by atoms with van der Waals surface area (Å²) in [6.07, 6.45) is 5.69. The van der Waals surface area contributed by atoms with Crippen LogP contribution in [0.4, 0.5) is 0 Å². The van der Waals surface area contributed by atoms with Gasteiger partial charge in [0.15, 0.2) is 0 Å². The maximum Gasteiger partial charge on any atom is 0.329 e. The van der Waals surface area contributed by atoms with Crippen molar-refractivity contribution in [2.24, 2.45) is 0 Å². The van der Waals surface area contributed by atoms with Gasteiger partial charge in [0.05, 0.1) is 10.6 Å². The largest absolute Gasteiger partial charge is 0.480 e. The minimum Gasteiger partial charge on any atom is -0.480 e. The second-order valence-corrected chi connectivity index (χ2v) is 6.02. The number of pyridine rings is 1. The predicted octanol–water partition coefficient (Wildman–Crippen LogP) is 3.30. The lowest BCUT2D eigenvalue weighted by molar-refractivity contribution is -0.145. The van der Waals surface area contributed by atoms with Crippen LogP contribution < -0.4 is 5.32 Å². The number of amides is 1. The zero-order valence-electron chi connectivity index (χ0n) is 11.4. The van der Waals surface area contributed by atoms with Crippen molar-refractivity contribution >= 4 is 35.1 Å². The highest BCUT2D eigenvalue weighted by Crippen LogP contribution is 2.28. The number of hydrogen-bond donors (Lipinski definition) is 2. The van der Waals surface area contributed by atoms with Crippen LogP contribution in [0.25, 0.3) is 0 Å². The summed E-state index contributed by atoms with van der Waals surface area (Å²) in [6.45, 7) is 0. The van der Waals surface area contributed by atoms with Gasteiger partial charge in [-0.1, -0.05) is 48.9 Å². The molecule has 0 radical (unpaired) electrons. The lowest BCUT2D eigenvalue weighted by Gasteiger charge is -2.29. The van der Waals surface area contributed by atoms with Gasteiger partial charge in [-0.2, -0.15) is 0 Å². The normalized spacial score (nSPS) is 17.8. The van der Waals surface area contributed by atoms with E-state index >= 15 is 0 Å². The molecule has 5 nitrogen and oxygen atoms in total. The summed E-state index contributed by atoms with van der Waals surface area (Å²) in [4.78, 5) is 27.7. The monoisotopic (exact) mass is 330 g/mol. The second-order valence-electron chi connectivity index (χ2n) is 5.25. The Morgan fingerprint density at radius 2 is 1.81 bits per heavy atom. The maximum atomic E-state index is 12.3. The molecule has 0 aliphatic heterocycles. The number of rotatable bonds is 3. The molecule has 1 saturated carbocycles. The fourth-order valence-corrected chi connectivity index (χ4v) is 2.83. The van der Waals surface area contributed by atoms with Gasteiger partial charge in [-0.25, -0.2) is 9.78 Å². The molecule has 1 heterocycles. The minimum absolute atomic E-state index is 0.107. The Morgan fingerprint density at radius 3 is 2.33 bits per heavy atom. The van der Waals surface area contributed by atoms with Gasteiger partial charge in [-0.3, -0.25) is 4.79 Å². The van der Waals surface area contributed by atoms with E-state index in [2.05, 4.69) is 10.3 Å². The van der Waals surface area contributed by atoms with Gasteiger partial charge < -0.3 is 10.4 Å². The first-order valence-electron chi connectivity index (χ1n) is 6.81. The molecule has 0 unspecified atom stereocenters. The van der Waals surface area contributed by atoms with Gasteiger partial charge in [0.25, 0.3) is 5.91 Å². The minimum atomic E-state index is -1.21. The van der Waals surface area contributed by atoms with Gasteiger partial charge in [0.2, 0.25) is 0 Å². The van der Waals surface area contributed by atoms with E-state index < -0.39 is 17.4 Å². The summed E-state index contributed by atoms with van der Waals surface area (Å²) in [5, 5.41) is 12.5. The fourth-order valence-electron chi connectivity index (χ4n) is 2.56. The maximum absolute atomic E-state index is 12.3. The molecule has 2 N–H and O–H groups in total. The van der Waals surface area contributed by atoms with E-state index in [1.54, 1.807) is 0 Å². The third-order valence-corrected chi connectivity index (χ3v) is 4.46. The van der Waals surface area contributed by atoms with E-state index in [0.717, 1.165) is 25.7 Å². The first kappa shape index (κ1) is 16.0. The highest BCUT2D eigenvalue weighted by atomic mass is 35.5. The average Bonchev–Trinajstić information content (AvgIpc) is 2.68. The summed E-state index contributed by atoms with van der Waals surface area (Å²) >= 11 is 11.5. The SMILES string of the molecule is O=C(NC1(C(=O)O)CCCCCC1)c1cnc(Cl)c(Cl)c1. The number of nitrogens with zero attached hydrogens (tertiary/aromatic N) is 1. The number of halogens is 2. The molecule has 21 heavy (non-hydrogen) atoms. The average molecular weight is 331 g/mol. The quantitative estimate of drug-likeness (QED) is 0.658. The Labute approximate surface area is 132 Å². The van der Waals surface area contributed by atoms with Crippen LogP contribution in [-0.4, -0.2) is 27.5 Å². The van der Waals surface area contributed by atoms with Crippen LogP contribution in [-0.2, 0) is 4.79 Å². The van der Waals surface area contributed by atoms with E-state index in [1.165, 1.54) is 12.3 Å². The van der Waals surface area contributed by atoms with Crippen LogP contribution in [0, 0.1) is 0 Å². The second kappa shape index (κ2) is 6.62. The van der Waals surface area contributed by atoms with Crippen molar-refractivity contribution in [3.63, 3.8) is 0 Å². The molecule has 2 rings (SSSR count). The van der Waals surface area contributed by atoms with Gasteiger partial charge >= 0.3 is 5.97 Å². The lowest BCUT2D eigenvalue weighted by Crippen LogP contribution is -2.54. The van der Waals surface area contributed by atoms with Gasteiger partial charge in [-0.15, -0.1) is 0 Å². The Balaban J connectivity index is 2.21. The zero-order chi connectivity index (χ0) is 15.5. The van der Waals surface area contributed by atoms with E-state index in [4.69, 9.17) is 23.2 Å². The van der Waals surface area contributed by atoms with Crippen LogP contribution in [0.3, 0.4) is 0 Å². The highest BCUT2D eigenvalue weighted by molar-refractivity contribution is 6.41. The summed E-state index contributed by atoms with van der Waals surface area (Å²) in [5.41, 5.74) is -1.01. The Bertz CT molecular complexity index is 555. The molecule has 1 aliphatic carbocycles. The van der Waals surface area contributed by atoms with Gasteiger partial charge in [0, 0.05) is 6.20 Å². The molecule has 0 bridgehead atoms. The van der Waals surface area contributed by atoms with Crippen molar-refractivity contribution in [1.82, 2.24) is 10.3 Å². The van der Waals surface area contributed by atoms with E-state index in [9.17, 15) is 14.7 Å². The molecule has 1 aromatic rings. The van der Waals surface area contributed by atoms with Crippen molar-refractivity contribution in [2.75, 3.05) is 0 Å². The molecule has 1 aromatic heterocycles. The highest BCUT2D eigenvalue weighted by Gasteiger charge is 2.40. The third-order valence-electron chi connectivity index (χ3n) is 3.78. The molecule has 0 aromatic carbocycles. The molecule has 7 heteroatoms. The lowest BCUT2D eigenvalue weighted by atomic mass is 9.90. The number of aliphatic carboxylic acids is 1. The van der Waals surface area contributed by atoms with E-state index in [0.29, 0.717) is 12.8 Å². The fraction of sp³-hybridized carbons (Fsp3) is 0.500. The van der Waals surface area contributed by atoms with Gasteiger partial charge in [0.1, 0.15) is 10.7 Å². The summed E-state index contributed by atoms with van der Waals surface area (Å²) in [5.74, 6) is -1.49. The molecular formula is C14H16Cl2N2O3. The predicted molar refractivity (Wildman–Crippen MR) is 79.8 cm³/mol. The number of carbonyl (C=O) groups is 2. The van der Waals surface area contributed by atoms with Gasteiger partial charge in [-0.05, 0) is 18.9 Å². The standard InChI is InChI=1S/C14H16Cl2N2O3/c15-10-7-9(8-17-11(10)16)12(19)18-14(13(20)21)5-3-1-2-4-6-14/h7-8H,1-6H2,(H,18,19)(H,20,21). The first-order valence-corrected chi connectivity index (χ1v) is 7.57. The number of carboxylic acid groups (broad SMARTS) is 1. The number of hydrogen-bond acceptors (Lipinski definition) is 3. The number of carboxylic acids is 1. The summed E-state index contributed by atoms with van der Waals surface area (Å²) in [6, 6.07) is 1.39. The molecular weight excluding hydrogens is 315 g/mol. The van der Waals surface area contributed by atoms with Crippen LogP contribution in [0.2, 0.25) is 10.2 Å². The molecule has 114 valence electrons. The molecule has 1 amide bonds. The summed E-state index contributed by atoms with van der Waals surface area (Å²) < 4.78 is 0.